The Morgan fingerprint density at radius 2 is 1.63 bits per heavy atom. The summed E-state index contributed by atoms with van der Waals surface area (Å²) in [7, 11) is 0. The number of nitrogens with one attached hydrogen (secondary N) is 1. The summed E-state index contributed by atoms with van der Waals surface area (Å²) in [5.74, 6) is -1.65. The number of nitrogens with zero attached hydrogens (tertiary/aromatic N) is 1. The Morgan fingerprint density at radius 1 is 1.07 bits per heavy atom. The van der Waals surface area contributed by atoms with Gasteiger partial charge in [-0.25, -0.2) is 14.0 Å². The van der Waals surface area contributed by atoms with E-state index in [-0.39, 0.29) is 17.5 Å². The molecule has 7 nitrogen and oxygen atoms in total. The van der Waals surface area contributed by atoms with Crippen molar-refractivity contribution in [3.05, 3.63) is 65.5 Å². The Bertz CT molecular complexity index is 1030. The fourth-order valence-corrected chi connectivity index (χ4v) is 3.53. The molecule has 1 saturated carbocycles. The first-order valence-electron chi connectivity index (χ1n) is 9.53. The first-order chi connectivity index (χ1) is 14.3. The molecule has 0 unspecified atom stereocenters. The number of imide groups is 1. The Kier molecular flexibility index (Phi) is 4.85. The van der Waals surface area contributed by atoms with Crippen LogP contribution in [0.25, 0.3) is 0 Å². The number of esters is 1. The van der Waals surface area contributed by atoms with Crippen LogP contribution in [-0.4, -0.2) is 40.7 Å². The molecule has 1 atom stereocenters. The van der Waals surface area contributed by atoms with Crippen LogP contribution < -0.4 is 10.1 Å². The van der Waals surface area contributed by atoms with Gasteiger partial charge in [0.05, 0.1) is 0 Å². The Morgan fingerprint density at radius 3 is 2.20 bits per heavy atom. The van der Waals surface area contributed by atoms with E-state index in [1.165, 1.54) is 48.5 Å². The molecule has 2 aromatic rings. The Balaban J connectivity index is 1.38. The molecule has 2 aromatic carbocycles. The van der Waals surface area contributed by atoms with Gasteiger partial charge in [0.15, 0.2) is 5.78 Å². The highest BCUT2D eigenvalue weighted by atomic mass is 19.1. The van der Waals surface area contributed by atoms with Crippen LogP contribution in [0.3, 0.4) is 0 Å². The number of carbonyl (C=O) groups excluding carboxylic acids is 4. The average molecular weight is 410 g/mol. The molecule has 0 bridgehead atoms. The highest BCUT2D eigenvalue weighted by Crippen LogP contribution is 2.42. The normalized spacial score (nSPS) is 20.8. The van der Waals surface area contributed by atoms with Crippen molar-refractivity contribution in [3.63, 3.8) is 0 Å². The number of halogens is 1. The van der Waals surface area contributed by atoms with Crippen LogP contribution in [0.1, 0.15) is 35.7 Å². The molecule has 1 heterocycles. The first-order valence-corrected chi connectivity index (χ1v) is 9.53. The third-order valence-electron chi connectivity index (χ3n) is 5.44. The predicted octanol–water partition coefficient (Wildman–Crippen LogP) is 2.68. The Hall–Kier alpha value is -3.55. The zero-order valence-corrected chi connectivity index (χ0v) is 16.2. The summed E-state index contributed by atoms with van der Waals surface area (Å²) in [4.78, 5) is 50.2. The SMILES string of the molecule is C[C@@]1(C2CC2)NC(=O)N(CC(=O)Oc2ccc(C(=O)c3ccc(F)cc3)cc2)C1=O. The second kappa shape index (κ2) is 7.37. The van der Waals surface area contributed by atoms with Gasteiger partial charge >= 0.3 is 12.0 Å². The number of hydrogen-bond acceptors (Lipinski definition) is 5. The minimum Gasteiger partial charge on any atom is -0.425 e. The van der Waals surface area contributed by atoms with Gasteiger partial charge in [0, 0.05) is 11.1 Å². The lowest BCUT2D eigenvalue weighted by molar-refractivity contribution is -0.141. The van der Waals surface area contributed by atoms with Crippen LogP contribution in [0.4, 0.5) is 9.18 Å². The van der Waals surface area contributed by atoms with Gasteiger partial charge in [-0.2, -0.15) is 0 Å². The number of rotatable bonds is 6. The third-order valence-corrected chi connectivity index (χ3v) is 5.44. The van der Waals surface area contributed by atoms with E-state index in [0.717, 1.165) is 17.7 Å². The van der Waals surface area contributed by atoms with Crippen molar-refractivity contribution in [2.75, 3.05) is 6.54 Å². The molecule has 1 aliphatic heterocycles. The monoisotopic (exact) mass is 410 g/mol. The largest absolute Gasteiger partial charge is 0.425 e. The summed E-state index contributed by atoms with van der Waals surface area (Å²) in [6, 6.07) is 10.4. The second-order valence-corrected chi connectivity index (χ2v) is 7.63. The lowest BCUT2D eigenvalue weighted by Crippen LogP contribution is -2.46. The molecule has 4 rings (SSSR count). The van der Waals surface area contributed by atoms with Crippen molar-refractivity contribution in [1.82, 2.24) is 10.2 Å². The van der Waals surface area contributed by atoms with Gasteiger partial charge in [-0.1, -0.05) is 0 Å². The molecule has 1 aliphatic carbocycles. The fourth-order valence-electron chi connectivity index (χ4n) is 3.53. The molecule has 1 N–H and O–H groups in total. The van der Waals surface area contributed by atoms with Crippen molar-refractivity contribution < 1.29 is 28.3 Å². The number of hydrogen-bond donors (Lipinski definition) is 1. The van der Waals surface area contributed by atoms with Crippen molar-refractivity contribution in [2.45, 2.75) is 25.3 Å². The maximum Gasteiger partial charge on any atom is 0.331 e. The number of carbonyl (C=O) groups is 4. The van der Waals surface area contributed by atoms with Crippen LogP contribution in [-0.2, 0) is 9.59 Å². The summed E-state index contributed by atoms with van der Waals surface area (Å²) in [6.45, 7) is 1.18. The molecule has 30 heavy (non-hydrogen) atoms. The lowest BCUT2D eigenvalue weighted by Gasteiger charge is -2.20. The van der Waals surface area contributed by atoms with E-state index in [4.69, 9.17) is 4.74 Å². The van der Waals surface area contributed by atoms with E-state index < -0.39 is 35.8 Å². The van der Waals surface area contributed by atoms with E-state index in [0.29, 0.717) is 11.1 Å². The lowest BCUT2D eigenvalue weighted by atomic mass is 9.96. The summed E-state index contributed by atoms with van der Waals surface area (Å²) < 4.78 is 18.2. The molecule has 0 aromatic heterocycles. The van der Waals surface area contributed by atoms with Crippen molar-refractivity contribution in [2.24, 2.45) is 5.92 Å². The van der Waals surface area contributed by atoms with Crippen molar-refractivity contribution >= 4 is 23.7 Å². The molecule has 8 heteroatoms. The second-order valence-electron chi connectivity index (χ2n) is 7.63. The molecular formula is C22H19FN2O5. The zero-order valence-electron chi connectivity index (χ0n) is 16.2. The first kappa shape index (κ1) is 19.8. The van der Waals surface area contributed by atoms with Crippen LogP contribution in [0.15, 0.2) is 48.5 Å². The van der Waals surface area contributed by atoms with E-state index in [2.05, 4.69) is 5.32 Å². The molecule has 0 radical (unpaired) electrons. The number of ether oxygens (including phenoxy) is 1. The van der Waals surface area contributed by atoms with Gasteiger partial charge in [0.1, 0.15) is 23.7 Å². The molecule has 154 valence electrons. The topological polar surface area (TPSA) is 92.8 Å². The average Bonchev–Trinajstić information content (AvgIpc) is 3.55. The van der Waals surface area contributed by atoms with Crippen LogP contribution >= 0.6 is 0 Å². The maximum absolute atomic E-state index is 13.0. The van der Waals surface area contributed by atoms with Gasteiger partial charge in [-0.05, 0) is 74.2 Å². The van der Waals surface area contributed by atoms with Crippen molar-refractivity contribution in [1.29, 1.82) is 0 Å². The van der Waals surface area contributed by atoms with Crippen LogP contribution in [0.2, 0.25) is 0 Å². The van der Waals surface area contributed by atoms with E-state index in [1.54, 1.807) is 6.92 Å². The summed E-state index contributed by atoms with van der Waals surface area (Å²) in [5.41, 5.74) is -0.283. The number of urea groups is 1. The third kappa shape index (κ3) is 3.68. The summed E-state index contributed by atoms with van der Waals surface area (Å²) in [6.07, 6.45) is 1.73. The molecule has 1 saturated heterocycles. The maximum atomic E-state index is 13.0. The van der Waals surface area contributed by atoms with Gasteiger partial charge in [0.2, 0.25) is 0 Å². The number of amides is 3. The highest BCUT2D eigenvalue weighted by Gasteiger charge is 2.56. The van der Waals surface area contributed by atoms with Gasteiger partial charge in [-0.3, -0.25) is 14.5 Å². The Labute approximate surface area is 171 Å². The van der Waals surface area contributed by atoms with Crippen LogP contribution in [0, 0.1) is 11.7 Å². The predicted molar refractivity (Wildman–Crippen MR) is 103 cm³/mol. The van der Waals surface area contributed by atoms with Gasteiger partial charge < -0.3 is 10.1 Å². The van der Waals surface area contributed by atoms with E-state index in [9.17, 15) is 23.6 Å². The quantitative estimate of drug-likeness (QED) is 0.342. The molecule has 3 amide bonds. The van der Waals surface area contributed by atoms with Gasteiger partial charge in [0.25, 0.3) is 5.91 Å². The minimum absolute atomic E-state index is 0.0983. The zero-order chi connectivity index (χ0) is 21.5. The fraction of sp³-hybridized carbons (Fsp3) is 0.273. The van der Waals surface area contributed by atoms with E-state index in [1.807, 2.05) is 0 Å². The van der Waals surface area contributed by atoms with Gasteiger partial charge in [-0.15, -0.1) is 0 Å². The van der Waals surface area contributed by atoms with Crippen molar-refractivity contribution in [3.8, 4) is 5.75 Å². The van der Waals surface area contributed by atoms with Crippen LogP contribution in [0.5, 0.6) is 5.75 Å². The van der Waals surface area contributed by atoms with E-state index >= 15 is 0 Å². The molecule has 2 aliphatic rings. The molecular weight excluding hydrogens is 391 g/mol. The summed E-state index contributed by atoms with van der Waals surface area (Å²) in [5, 5.41) is 2.67. The summed E-state index contributed by atoms with van der Waals surface area (Å²) >= 11 is 0. The number of benzene rings is 2. The highest BCUT2D eigenvalue weighted by molar-refractivity contribution is 6.09. The minimum atomic E-state index is -0.959. The molecule has 0 spiro atoms. The smallest absolute Gasteiger partial charge is 0.331 e. The molecule has 2 fully saturated rings. The standard InChI is InChI=1S/C22H19FN2O5/c1-22(15-6-7-15)20(28)25(21(29)24-22)12-18(26)30-17-10-4-14(5-11-17)19(27)13-2-8-16(23)9-3-13/h2-5,8-11,15H,6-7,12H2,1H3,(H,24,29)/t22-/m0/s1. The number of ketones is 1.